The molecule has 1 N–H and O–H groups in total. The van der Waals surface area contributed by atoms with Gasteiger partial charge in [0.25, 0.3) is 5.91 Å². The Labute approximate surface area is 156 Å². The van der Waals surface area contributed by atoms with Crippen LogP contribution in [-0.4, -0.2) is 20.8 Å². The smallest absolute Gasteiger partial charge is 0.290 e. The molecular formula is C19H19ClN4O2. The molecular weight excluding hydrogens is 352 g/mol. The number of carbonyl (C=O) groups excluding carboxylic acids is 1. The Morgan fingerprint density at radius 3 is 3.08 bits per heavy atom. The number of benzene rings is 1. The third-order valence-corrected chi connectivity index (χ3v) is 4.88. The van der Waals surface area contributed by atoms with Gasteiger partial charge >= 0.3 is 0 Å². The Kier molecular flexibility index (Phi) is 4.51. The number of nitrogens with zero attached hydrogens (tertiary/aromatic N) is 3. The summed E-state index contributed by atoms with van der Waals surface area (Å²) >= 11 is 6.08. The predicted molar refractivity (Wildman–Crippen MR) is 97.2 cm³/mol. The molecule has 3 aromatic rings. The van der Waals surface area contributed by atoms with Crippen LogP contribution in [0.15, 0.2) is 41.1 Å². The van der Waals surface area contributed by atoms with Crippen LogP contribution in [0.2, 0.25) is 5.02 Å². The molecule has 6 nitrogen and oxygen atoms in total. The second kappa shape index (κ2) is 6.96. The van der Waals surface area contributed by atoms with Gasteiger partial charge in [-0.25, -0.2) is 0 Å². The number of aromatic nitrogens is 3. The van der Waals surface area contributed by atoms with E-state index in [0.717, 1.165) is 41.1 Å². The maximum atomic E-state index is 12.4. The first-order valence-corrected chi connectivity index (χ1v) is 9.01. The summed E-state index contributed by atoms with van der Waals surface area (Å²) in [7, 11) is 0. The van der Waals surface area contributed by atoms with E-state index in [1.807, 2.05) is 35.1 Å². The van der Waals surface area contributed by atoms with E-state index in [2.05, 4.69) is 15.6 Å². The highest BCUT2D eigenvalue weighted by atomic mass is 35.5. The third kappa shape index (κ3) is 3.37. The lowest BCUT2D eigenvalue weighted by atomic mass is 9.93. The van der Waals surface area contributed by atoms with Gasteiger partial charge in [-0.15, -0.1) is 0 Å². The van der Waals surface area contributed by atoms with Crippen molar-refractivity contribution in [3.63, 3.8) is 0 Å². The number of hydrogen-bond acceptors (Lipinski definition) is 4. The Morgan fingerprint density at radius 2 is 2.31 bits per heavy atom. The lowest BCUT2D eigenvalue weighted by Crippen LogP contribution is -2.30. The standard InChI is InChI=1S/C19H19ClN4O2/c1-12-8-18(26-23-12)19(25)22-16-6-3-7-17-15(16)10-21-24(17)11-13-4-2-5-14(20)9-13/h2,4-5,8-10,16H,3,6-7,11H2,1H3,(H,22,25)/t16-/m1/s1. The summed E-state index contributed by atoms with van der Waals surface area (Å²) in [6, 6.07) is 9.36. The topological polar surface area (TPSA) is 73.0 Å². The highest BCUT2D eigenvalue weighted by molar-refractivity contribution is 6.30. The summed E-state index contributed by atoms with van der Waals surface area (Å²) in [5.74, 6) is -0.00742. The van der Waals surface area contributed by atoms with Crippen LogP contribution < -0.4 is 5.32 Å². The zero-order chi connectivity index (χ0) is 18.1. The summed E-state index contributed by atoms with van der Waals surface area (Å²) < 4.78 is 7.05. The van der Waals surface area contributed by atoms with Crippen LogP contribution in [0.3, 0.4) is 0 Å². The van der Waals surface area contributed by atoms with E-state index < -0.39 is 0 Å². The zero-order valence-corrected chi connectivity index (χ0v) is 15.2. The van der Waals surface area contributed by atoms with Crippen LogP contribution in [0, 0.1) is 6.92 Å². The minimum atomic E-state index is -0.244. The average Bonchev–Trinajstić information content (AvgIpc) is 3.22. The molecule has 1 aliphatic rings. The van der Waals surface area contributed by atoms with E-state index in [4.69, 9.17) is 16.1 Å². The van der Waals surface area contributed by atoms with Crippen molar-refractivity contribution in [1.29, 1.82) is 0 Å². The molecule has 26 heavy (non-hydrogen) atoms. The Morgan fingerprint density at radius 1 is 1.42 bits per heavy atom. The Hall–Kier alpha value is -2.60. The van der Waals surface area contributed by atoms with Crippen molar-refractivity contribution in [2.75, 3.05) is 0 Å². The van der Waals surface area contributed by atoms with Crippen LogP contribution in [0.1, 0.15) is 52.0 Å². The van der Waals surface area contributed by atoms with Crippen molar-refractivity contribution in [3.8, 4) is 0 Å². The molecule has 1 aliphatic carbocycles. The summed E-state index contributed by atoms with van der Waals surface area (Å²) in [4.78, 5) is 12.4. The van der Waals surface area contributed by atoms with Crippen molar-refractivity contribution in [3.05, 3.63) is 69.8 Å². The monoisotopic (exact) mass is 370 g/mol. The fourth-order valence-corrected chi connectivity index (χ4v) is 3.63. The molecule has 0 unspecified atom stereocenters. The quantitative estimate of drug-likeness (QED) is 0.760. The normalized spacial score (nSPS) is 16.3. The minimum absolute atomic E-state index is 0.0650. The molecule has 1 atom stereocenters. The van der Waals surface area contributed by atoms with E-state index in [1.165, 1.54) is 0 Å². The van der Waals surface area contributed by atoms with Gasteiger partial charge in [0, 0.05) is 22.3 Å². The molecule has 0 saturated heterocycles. The predicted octanol–water partition coefficient (Wildman–Crippen LogP) is 3.69. The molecule has 0 saturated carbocycles. The molecule has 0 aliphatic heterocycles. The van der Waals surface area contributed by atoms with Gasteiger partial charge in [0.05, 0.1) is 24.5 Å². The third-order valence-electron chi connectivity index (χ3n) is 4.64. The highest BCUT2D eigenvalue weighted by Crippen LogP contribution is 2.30. The number of carbonyl (C=O) groups is 1. The van der Waals surface area contributed by atoms with Gasteiger partial charge in [-0.1, -0.05) is 28.9 Å². The number of rotatable bonds is 4. The number of fused-ring (bicyclic) bond motifs is 1. The van der Waals surface area contributed by atoms with Crippen molar-refractivity contribution < 1.29 is 9.32 Å². The van der Waals surface area contributed by atoms with Gasteiger partial charge in [0.1, 0.15) is 0 Å². The van der Waals surface area contributed by atoms with Crippen LogP contribution in [0.4, 0.5) is 0 Å². The summed E-state index contributed by atoms with van der Waals surface area (Å²) in [6.45, 7) is 2.46. The van der Waals surface area contributed by atoms with Crippen molar-refractivity contribution >= 4 is 17.5 Å². The van der Waals surface area contributed by atoms with Crippen LogP contribution in [0.5, 0.6) is 0 Å². The zero-order valence-electron chi connectivity index (χ0n) is 14.4. The van der Waals surface area contributed by atoms with Crippen molar-refractivity contribution in [1.82, 2.24) is 20.3 Å². The van der Waals surface area contributed by atoms with E-state index in [-0.39, 0.29) is 17.7 Å². The van der Waals surface area contributed by atoms with E-state index in [1.54, 1.807) is 13.0 Å². The molecule has 1 amide bonds. The molecule has 1 aromatic carbocycles. The SMILES string of the molecule is Cc1cc(C(=O)N[C@@H]2CCCc3c2cnn3Cc2cccc(Cl)c2)on1. The highest BCUT2D eigenvalue weighted by Gasteiger charge is 2.27. The first-order valence-electron chi connectivity index (χ1n) is 8.63. The van der Waals surface area contributed by atoms with E-state index in [0.29, 0.717) is 12.2 Å². The van der Waals surface area contributed by atoms with Gasteiger partial charge in [0.2, 0.25) is 5.76 Å². The number of nitrogens with one attached hydrogen (secondary N) is 1. The molecule has 134 valence electrons. The second-order valence-corrected chi connectivity index (χ2v) is 7.02. The Balaban J connectivity index is 1.54. The number of aryl methyl sites for hydroxylation is 1. The molecule has 0 bridgehead atoms. The number of halogens is 1. The van der Waals surface area contributed by atoms with Gasteiger partial charge in [-0.3, -0.25) is 9.48 Å². The van der Waals surface area contributed by atoms with E-state index >= 15 is 0 Å². The summed E-state index contributed by atoms with van der Waals surface area (Å²) in [5, 5.41) is 12.1. The van der Waals surface area contributed by atoms with Crippen LogP contribution >= 0.6 is 11.6 Å². The number of amides is 1. The van der Waals surface area contributed by atoms with E-state index in [9.17, 15) is 4.79 Å². The lowest BCUT2D eigenvalue weighted by molar-refractivity contribution is 0.0895. The largest absolute Gasteiger partial charge is 0.351 e. The minimum Gasteiger partial charge on any atom is -0.351 e. The molecule has 0 spiro atoms. The maximum Gasteiger partial charge on any atom is 0.290 e. The average molecular weight is 371 g/mol. The molecule has 2 heterocycles. The van der Waals surface area contributed by atoms with Gasteiger partial charge in [-0.05, 0) is 43.9 Å². The van der Waals surface area contributed by atoms with Gasteiger partial charge in [-0.2, -0.15) is 5.10 Å². The molecule has 2 aromatic heterocycles. The Bertz CT molecular complexity index is 947. The van der Waals surface area contributed by atoms with Crippen molar-refractivity contribution in [2.45, 2.75) is 38.8 Å². The first kappa shape index (κ1) is 16.8. The first-order chi connectivity index (χ1) is 12.6. The molecule has 7 heteroatoms. The number of hydrogen-bond donors (Lipinski definition) is 1. The second-order valence-electron chi connectivity index (χ2n) is 6.58. The lowest BCUT2D eigenvalue weighted by Gasteiger charge is -2.23. The fraction of sp³-hybridized carbons (Fsp3) is 0.316. The molecule has 0 radical (unpaired) electrons. The summed E-state index contributed by atoms with van der Waals surface area (Å²) in [5.41, 5.74) is 4.03. The maximum absolute atomic E-state index is 12.4. The molecule has 0 fully saturated rings. The van der Waals surface area contributed by atoms with Crippen molar-refractivity contribution in [2.24, 2.45) is 0 Å². The van der Waals surface area contributed by atoms with Crippen LogP contribution in [0.25, 0.3) is 0 Å². The summed E-state index contributed by atoms with van der Waals surface area (Å²) in [6.07, 6.45) is 4.68. The van der Waals surface area contributed by atoms with Gasteiger partial charge in [0.15, 0.2) is 0 Å². The van der Waals surface area contributed by atoms with Crippen LogP contribution in [-0.2, 0) is 13.0 Å². The van der Waals surface area contributed by atoms with Gasteiger partial charge < -0.3 is 9.84 Å². The fourth-order valence-electron chi connectivity index (χ4n) is 3.41. The molecule has 4 rings (SSSR count).